The fourth-order valence-corrected chi connectivity index (χ4v) is 1.19. The van der Waals surface area contributed by atoms with E-state index in [0.717, 1.165) is 6.42 Å². The van der Waals surface area contributed by atoms with Crippen LogP contribution in [0.4, 0.5) is 0 Å². The first-order valence-electron chi connectivity index (χ1n) is 4.59. The van der Waals surface area contributed by atoms with Gasteiger partial charge in [-0.05, 0) is 13.3 Å². The normalized spacial score (nSPS) is 15.1. The Kier molecular flexibility index (Phi) is 6.54. The van der Waals surface area contributed by atoms with Gasteiger partial charge < -0.3 is 15.2 Å². The predicted molar refractivity (Wildman–Crippen MR) is 50.3 cm³/mol. The van der Waals surface area contributed by atoms with Crippen LogP contribution in [0.5, 0.6) is 0 Å². The fourth-order valence-electron chi connectivity index (χ4n) is 1.19. The molecular weight excluding hydrogens is 170 g/mol. The van der Waals surface area contributed by atoms with Gasteiger partial charge in [0.1, 0.15) is 0 Å². The Morgan fingerprint density at radius 2 is 2.08 bits per heavy atom. The summed E-state index contributed by atoms with van der Waals surface area (Å²) in [5.41, 5.74) is 5.74. The van der Waals surface area contributed by atoms with Crippen molar-refractivity contribution in [3.63, 3.8) is 0 Å². The van der Waals surface area contributed by atoms with Gasteiger partial charge in [0.2, 0.25) is 0 Å². The molecule has 0 aliphatic heterocycles. The third-order valence-corrected chi connectivity index (χ3v) is 1.89. The topological polar surface area (TPSA) is 61.5 Å². The molecule has 2 N–H and O–H groups in total. The zero-order valence-electron chi connectivity index (χ0n) is 8.58. The van der Waals surface area contributed by atoms with Crippen LogP contribution in [0.25, 0.3) is 0 Å². The predicted octanol–water partition coefficient (Wildman–Crippen LogP) is 0.692. The molecule has 2 unspecified atom stereocenters. The first-order valence-corrected chi connectivity index (χ1v) is 4.59. The second-order valence-electron chi connectivity index (χ2n) is 2.86. The van der Waals surface area contributed by atoms with Gasteiger partial charge in [0, 0.05) is 13.2 Å². The summed E-state index contributed by atoms with van der Waals surface area (Å²) in [5.74, 6) is -0.259. The molecule has 0 bridgehead atoms. The highest BCUT2D eigenvalue weighted by atomic mass is 16.5. The zero-order chi connectivity index (χ0) is 10.3. The van der Waals surface area contributed by atoms with E-state index in [0.29, 0.717) is 6.61 Å². The van der Waals surface area contributed by atoms with Gasteiger partial charge in [-0.1, -0.05) is 6.92 Å². The van der Waals surface area contributed by atoms with E-state index in [9.17, 15) is 4.79 Å². The van der Waals surface area contributed by atoms with E-state index in [1.165, 1.54) is 0 Å². The fraction of sp³-hybridized carbons (Fsp3) is 0.889. The summed E-state index contributed by atoms with van der Waals surface area (Å²) in [7, 11) is 1.60. The third-order valence-electron chi connectivity index (χ3n) is 1.89. The summed E-state index contributed by atoms with van der Waals surface area (Å²) < 4.78 is 9.88. The van der Waals surface area contributed by atoms with Gasteiger partial charge in [0.15, 0.2) is 0 Å². The van der Waals surface area contributed by atoms with Gasteiger partial charge in [0.25, 0.3) is 0 Å². The molecule has 0 saturated heterocycles. The van der Waals surface area contributed by atoms with Crippen molar-refractivity contribution in [1.82, 2.24) is 0 Å². The minimum absolute atomic E-state index is 0.0654. The van der Waals surface area contributed by atoms with Crippen molar-refractivity contribution in [2.45, 2.75) is 38.8 Å². The molecule has 0 heterocycles. The summed E-state index contributed by atoms with van der Waals surface area (Å²) in [6, 6.07) is -0.269. The number of esters is 1. The Hall–Kier alpha value is -0.610. The van der Waals surface area contributed by atoms with Crippen LogP contribution in [-0.4, -0.2) is 31.8 Å². The number of ether oxygens (including phenoxy) is 2. The van der Waals surface area contributed by atoms with Gasteiger partial charge in [-0.15, -0.1) is 0 Å². The lowest BCUT2D eigenvalue weighted by atomic mass is 10.1. The van der Waals surface area contributed by atoms with E-state index in [-0.39, 0.29) is 24.5 Å². The molecule has 0 aromatic carbocycles. The maximum atomic E-state index is 11.0. The van der Waals surface area contributed by atoms with Crippen LogP contribution < -0.4 is 5.73 Å². The van der Waals surface area contributed by atoms with Crippen LogP contribution in [-0.2, 0) is 14.3 Å². The molecule has 0 saturated carbocycles. The minimum Gasteiger partial charge on any atom is -0.466 e. The number of methoxy groups -OCH3 is 1. The maximum absolute atomic E-state index is 11.0. The van der Waals surface area contributed by atoms with Crippen LogP contribution >= 0.6 is 0 Å². The molecule has 2 atom stereocenters. The standard InChI is InChI=1S/C9H19NO3/c1-4-8(12-3)7(10)6-9(11)13-5-2/h7-8H,4-6,10H2,1-3H3. The maximum Gasteiger partial charge on any atom is 0.307 e. The highest BCUT2D eigenvalue weighted by Crippen LogP contribution is 2.05. The quantitative estimate of drug-likeness (QED) is 0.624. The largest absolute Gasteiger partial charge is 0.466 e. The second kappa shape index (κ2) is 6.86. The van der Waals surface area contributed by atoms with Crippen LogP contribution in [0.2, 0.25) is 0 Å². The summed E-state index contributed by atoms with van der Waals surface area (Å²) in [4.78, 5) is 11.0. The van der Waals surface area contributed by atoms with Crippen molar-refractivity contribution in [3.05, 3.63) is 0 Å². The summed E-state index contributed by atoms with van der Waals surface area (Å²) in [5, 5.41) is 0. The number of rotatable bonds is 6. The lowest BCUT2D eigenvalue weighted by molar-refractivity contribution is -0.144. The van der Waals surface area contributed by atoms with E-state index in [4.69, 9.17) is 15.2 Å². The highest BCUT2D eigenvalue weighted by Gasteiger charge is 2.18. The average Bonchev–Trinajstić information content (AvgIpc) is 2.06. The molecule has 0 spiro atoms. The monoisotopic (exact) mass is 189 g/mol. The average molecular weight is 189 g/mol. The van der Waals surface area contributed by atoms with Crippen LogP contribution in [0.15, 0.2) is 0 Å². The van der Waals surface area contributed by atoms with Crippen molar-refractivity contribution in [3.8, 4) is 0 Å². The Labute approximate surface area is 79.4 Å². The Balaban J connectivity index is 3.82. The Morgan fingerprint density at radius 1 is 1.46 bits per heavy atom. The van der Waals surface area contributed by atoms with E-state index in [2.05, 4.69) is 0 Å². The van der Waals surface area contributed by atoms with Crippen molar-refractivity contribution in [2.24, 2.45) is 5.73 Å². The lowest BCUT2D eigenvalue weighted by Crippen LogP contribution is -2.37. The zero-order valence-corrected chi connectivity index (χ0v) is 8.58. The molecule has 0 aliphatic carbocycles. The summed E-state index contributed by atoms with van der Waals surface area (Å²) >= 11 is 0. The molecule has 0 aromatic rings. The van der Waals surface area contributed by atoms with Crippen LogP contribution in [0.3, 0.4) is 0 Å². The third kappa shape index (κ3) is 4.85. The van der Waals surface area contributed by atoms with E-state index >= 15 is 0 Å². The van der Waals surface area contributed by atoms with Crippen LogP contribution in [0, 0.1) is 0 Å². The smallest absolute Gasteiger partial charge is 0.307 e. The van der Waals surface area contributed by atoms with E-state index < -0.39 is 0 Å². The Bertz CT molecular complexity index is 146. The molecule has 0 fully saturated rings. The molecule has 0 amide bonds. The minimum atomic E-state index is -0.269. The SMILES string of the molecule is CCOC(=O)CC(N)C(CC)OC. The molecule has 78 valence electrons. The first kappa shape index (κ1) is 12.4. The molecule has 0 radical (unpaired) electrons. The second-order valence-corrected chi connectivity index (χ2v) is 2.86. The summed E-state index contributed by atoms with van der Waals surface area (Å²) in [6.45, 7) is 4.14. The molecule has 0 aromatic heterocycles. The van der Waals surface area contributed by atoms with Crippen molar-refractivity contribution in [2.75, 3.05) is 13.7 Å². The molecule has 4 heteroatoms. The number of hydrogen-bond acceptors (Lipinski definition) is 4. The van der Waals surface area contributed by atoms with E-state index in [1.807, 2.05) is 6.92 Å². The van der Waals surface area contributed by atoms with Gasteiger partial charge in [0.05, 0.1) is 19.1 Å². The number of nitrogens with two attached hydrogens (primary N) is 1. The Morgan fingerprint density at radius 3 is 2.46 bits per heavy atom. The lowest BCUT2D eigenvalue weighted by Gasteiger charge is -2.19. The molecule has 0 aliphatic rings. The van der Waals surface area contributed by atoms with E-state index in [1.54, 1.807) is 14.0 Å². The molecule has 13 heavy (non-hydrogen) atoms. The van der Waals surface area contributed by atoms with Gasteiger partial charge in [-0.2, -0.15) is 0 Å². The number of carbonyl (C=O) groups excluding carboxylic acids is 1. The van der Waals surface area contributed by atoms with Crippen LogP contribution in [0.1, 0.15) is 26.7 Å². The number of carbonyl (C=O) groups is 1. The van der Waals surface area contributed by atoms with Gasteiger partial charge in [-0.3, -0.25) is 4.79 Å². The first-order chi connectivity index (χ1) is 6.15. The van der Waals surface area contributed by atoms with Crippen molar-refractivity contribution in [1.29, 1.82) is 0 Å². The van der Waals surface area contributed by atoms with Gasteiger partial charge in [-0.25, -0.2) is 0 Å². The number of hydrogen-bond donors (Lipinski definition) is 1. The van der Waals surface area contributed by atoms with Crippen molar-refractivity contribution < 1.29 is 14.3 Å². The highest BCUT2D eigenvalue weighted by molar-refractivity contribution is 5.70. The summed E-state index contributed by atoms with van der Waals surface area (Å²) in [6.07, 6.45) is 0.960. The molecule has 0 rings (SSSR count). The molecule has 4 nitrogen and oxygen atoms in total. The molecular formula is C9H19NO3. The van der Waals surface area contributed by atoms with Gasteiger partial charge >= 0.3 is 5.97 Å². The van der Waals surface area contributed by atoms with Crippen molar-refractivity contribution >= 4 is 5.97 Å².